The van der Waals surface area contributed by atoms with Gasteiger partial charge in [-0.05, 0) is 114 Å². The summed E-state index contributed by atoms with van der Waals surface area (Å²) in [6.07, 6.45) is -0.428. The Balaban J connectivity index is 0.000000175. The van der Waals surface area contributed by atoms with Gasteiger partial charge >= 0.3 is 17.9 Å². The number of carboxylic acids is 3. The van der Waals surface area contributed by atoms with E-state index in [4.69, 9.17) is 14.9 Å². The summed E-state index contributed by atoms with van der Waals surface area (Å²) in [5.41, 5.74) is 2.84. The minimum Gasteiger partial charge on any atom is -0.506 e. The number of phenolic OH excluding ortho intramolecular Hbond substituents is 3. The number of fused-ring (bicyclic) bond motifs is 3. The molecule has 0 fully saturated rings. The van der Waals surface area contributed by atoms with E-state index in [-0.39, 0.29) is 112 Å². The highest BCUT2D eigenvalue weighted by Crippen LogP contribution is 2.44. The summed E-state index contributed by atoms with van der Waals surface area (Å²) in [7, 11) is -11.8. The number of carboxylic acid groups (broad SMARTS) is 3. The van der Waals surface area contributed by atoms with Crippen molar-refractivity contribution < 1.29 is 79.4 Å². The summed E-state index contributed by atoms with van der Waals surface area (Å²) in [4.78, 5) is 35.2. The lowest BCUT2D eigenvalue weighted by atomic mass is 10.1. The van der Waals surface area contributed by atoms with Crippen LogP contribution in [0.3, 0.4) is 0 Å². The quantitative estimate of drug-likeness (QED) is 0.0137. The summed E-state index contributed by atoms with van der Waals surface area (Å²) in [5.74, 6) is -2.59. The van der Waals surface area contributed by atoms with Gasteiger partial charge in [0.1, 0.15) is 35.4 Å². The number of carbonyl (C=O) groups is 3. The second-order valence-electron chi connectivity index (χ2n) is 21.6. The molecule has 10 N–H and O–H groups in total. The number of phenols is 3. The fourth-order valence-corrected chi connectivity index (χ4v) is 14.7. The molecule has 11 rings (SSSR count). The Morgan fingerprint density at radius 3 is 1.32 bits per heavy atom. The Morgan fingerprint density at radius 1 is 0.444 bits per heavy atom. The fraction of sp³-hybridized carbons (Fsp3) is 0.113. The molecule has 0 bridgehead atoms. The first-order valence-electron chi connectivity index (χ1n) is 29.9. The van der Waals surface area contributed by atoms with Crippen LogP contribution < -0.4 is 29.1 Å². The highest BCUT2D eigenvalue weighted by Gasteiger charge is 2.24. The van der Waals surface area contributed by atoms with E-state index in [2.05, 4.69) is 51.3 Å². The topological polar surface area (TPSA) is 336 Å². The molecule has 0 aliphatic carbocycles. The largest absolute Gasteiger partial charge is 0.506 e. The van der Waals surface area contributed by atoms with Crippen molar-refractivity contribution in [2.45, 2.75) is 38.8 Å². The minimum absolute atomic E-state index is 0.0300. The van der Waals surface area contributed by atoms with Crippen LogP contribution in [0.2, 0.25) is 0 Å². The molecule has 0 spiro atoms. The highest BCUT2D eigenvalue weighted by atomic mass is 79.9. The maximum Gasteiger partial charge on any atom is 0.305 e. The van der Waals surface area contributed by atoms with Crippen LogP contribution >= 0.6 is 43.6 Å². The van der Waals surface area contributed by atoms with Crippen LogP contribution in [0.15, 0.2) is 247 Å². The van der Waals surface area contributed by atoms with E-state index in [1.165, 1.54) is 66.7 Å². The average Bonchev–Trinajstić information content (AvgIpc) is 0.784. The van der Waals surface area contributed by atoms with Crippen LogP contribution in [0, 0.1) is 5.82 Å². The summed E-state index contributed by atoms with van der Waals surface area (Å²) in [6, 6.07) is 58.7. The molecule has 21 nitrogen and oxygen atoms in total. The lowest BCUT2D eigenvalue weighted by Crippen LogP contribution is -2.31. The van der Waals surface area contributed by atoms with Crippen molar-refractivity contribution in [2.75, 3.05) is 56.4 Å². The number of rotatable bonds is 26. The molecule has 0 saturated carbocycles. The van der Waals surface area contributed by atoms with E-state index in [0.29, 0.717) is 48.6 Å². The van der Waals surface area contributed by atoms with Crippen molar-refractivity contribution in [2.24, 2.45) is 0 Å². The highest BCUT2D eigenvalue weighted by molar-refractivity contribution is 9.10. The molecule has 0 amide bonds. The number of nitrogens with one attached hydrogen (secondary N) is 4. The fourth-order valence-electron chi connectivity index (χ4n) is 10.0. The molecule has 512 valence electrons. The van der Waals surface area contributed by atoms with Gasteiger partial charge in [0.15, 0.2) is 0 Å². The molecule has 0 aliphatic rings. The number of anilines is 5. The van der Waals surface area contributed by atoms with E-state index < -0.39 is 48.0 Å². The van der Waals surface area contributed by atoms with Gasteiger partial charge in [-0.2, -0.15) is 0 Å². The standard InChI is InChI=1S/C27H25BrN2O6S.C25H20FNO5S2.C19H17BrN2O5S/c28-19-10-12-21(13-11-19)37(34,35)29-24-18-25(27(33)23-9-5-4-8-22(23)24)30(15-14-26(31)32)16-17-36-20-6-2-1-3-7-20;26-18-9-5-16(6-10-18)17-7-11-19(12-8-17)34(31,32)27-22-15-23(33-14-13-24(28)29)25(30)21-4-2-1-3-20(21)22;20-12-5-7-13(8-6-12)28(26,27)22-16-11-17(21-10-9-18(23)24)19(25)15-4-2-1-3-14(15)16/h1-13,18,29,33H,14-17H2,(H,31,32);1-12,15,27,30H,13-14H2,(H,28,29);1-8,11,21-22,25H,9-10H2,(H,23,24). The molecule has 11 aromatic carbocycles. The summed E-state index contributed by atoms with van der Waals surface area (Å²) >= 11 is 7.71. The van der Waals surface area contributed by atoms with E-state index in [1.54, 1.807) is 126 Å². The third-order valence-corrected chi connectivity index (χ3v) is 21.1. The second kappa shape index (κ2) is 33.0. The number of para-hydroxylation sites is 1. The monoisotopic (exact) mass is 1550 g/mol. The Morgan fingerprint density at radius 2 is 0.848 bits per heavy atom. The Kier molecular flexibility index (Phi) is 24.4. The number of thioether (sulfide) groups is 1. The van der Waals surface area contributed by atoms with Gasteiger partial charge in [0, 0.05) is 60.1 Å². The third kappa shape index (κ3) is 19.4. The van der Waals surface area contributed by atoms with Crippen LogP contribution in [-0.4, -0.2) is 106 Å². The lowest BCUT2D eigenvalue weighted by molar-refractivity contribution is -0.137. The maximum absolute atomic E-state index is 13.2. The number of nitrogens with zero attached hydrogens (tertiary/aromatic N) is 1. The molecule has 28 heteroatoms. The SMILES string of the molecule is O=C(O)CCN(CCOc1ccccc1)c1cc(NS(=O)(=O)c2ccc(Br)cc2)c2ccccc2c1O.O=C(O)CCNc1cc(NS(=O)(=O)c2ccc(Br)cc2)c2ccccc2c1O.O=C(O)CCSc1cc(NS(=O)(=O)c2ccc(-c3ccc(F)cc3)cc2)c2ccccc2c1O. The molecular formula is C71H62Br2FN5O16S4. The van der Waals surface area contributed by atoms with Crippen LogP contribution in [0.5, 0.6) is 23.0 Å². The third-order valence-electron chi connectivity index (χ3n) is 14.9. The zero-order chi connectivity index (χ0) is 71.0. The number of aliphatic carboxylic acids is 3. The zero-order valence-corrected chi connectivity index (χ0v) is 58.4. The molecule has 0 unspecified atom stereocenters. The zero-order valence-electron chi connectivity index (χ0n) is 51.9. The molecule has 0 radical (unpaired) electrons. The first-order valence-corrected chi connectivity index (χ1v) is 36.9. The van der Waals surface area contributed by atoms with Crippen LogP contribution in [0.25, 0.3) is 43.4 Å². The van der Waals surface area contributed by atoms with Crippen LogP contribution in [0.4, 0.5) is 32.8 Å². The smallest absolute Gasteiger partial charge is 0.305 e. The van der Waals surface area contributed by atoms with Gasteiger partial charge in [0.2, 0.25) is 0 Å². The Labute approximate surface area is 590 Å². The number of ether oxygens (including phenoxy) is 1. The van der Waals surface area contributed by atoms with Crippen molar-refractivity contribution in [3.8, 4) is 34.1 Å². The van der Waals surface area contributed by atoms with Crippen LogP contribution in [0.1, 0.15) is 19.3 Å². The molecule has 0 saturated heterocycles. The number of hydrogen-bond donors (Lipinski definition) is 10. The number of halogens is 3. The molecule has 99 heavy (non-hydrogen) atoms. The average molecular weight is 1550 g/mol. The van der Waals surface area contributed by atoms with Gasteiger partial charge in [0.05, 0.1) is 73.8 Å². The summed E-state index contributed by atoms with van der Waals surface area (Å²) < 4.78 is 106. The molecule has 0 atom stereocenters. The van der Waals surface area contributed by atoms with Crippen molar-refractivity contribution in [1.82, 2.24) is 0 Å². The minimum atomic E-state index is -3.97. The molecule has 0 aliphatic heterocycles. The van der Waals surface area contributed by atoms with Gasteiger partial charge in [-0.15, -0.1) is 11.8 Å². The second-order valence-corrected chi connectivity index (χ2v) is 29.6. The summed E-state index contributed by atoms with van der Waals surface area (Å²) in [6.45, 7) is 0.640. The Bertz CT molecular complexity index is 5090. The number of benzene rings is 11. The van der Waals surface area contributed by atoms with Gasteiger partial charge in [0.25, 0.3) is 30.1 Å². The van der Waals surface area contributed by atoms with E-state index >= 15 is 0 Å². The molecule has 11 aromatic rings. The number of aromatic hydroxyl groups is 3. The predicted octanol–water partition coefficient (Wildman–Crippen LogP) is 15.2. The first-order chi connectivity index (χ1) is 47.3. The lowest BCUT2D eigenvalue weighted by Gasteiger charge is -2.27. The van der Waals surface area contributed by atoms with Crippen molar-refractivity contribution in [1.29, 1.82) is 0 Å². The molecule has 0 heterocycles. The van der Waals surface area contributed by atoms with Gasteiger partial charge < -0.3 is 45.6 Å². The van der Waals surface area contributed by atoms with E-state index in [0.717, 1.165) is 31.8 Å². The van der Waals surface area contributed by atoms with Gasteiger partial charge in [-0.1, -0.05) is 147 Å². The van der Waals surface area contributed by atoms with Crippen molar-refractivity contribution in [3.63, 3.8) is 0 Å². The van der Waals surface area contributed by atoms with E-state index in [9.17, 15) is 64.5 Å². The summed E-state index contributed by atoms with van der Waals surface area (Å²) in [5, 5.41) is 64.9. The molecule has 0 aromatic heterocycles. The van der Waals surface area contributed by atoms with Gasteiger partial charge in [-0.3, -0.25) is 28.5 Å². The number of hydrogen-bond acceptors (Lipinski definition) is 16. The van der Waals surface area contributed by atoms with Gasteiger partial charge in [-0.25, -0.2) is 29.6 Å². The normalized spacial score (nSPS) is 11.3. The van der Waals surface area contributed by atoms with Crippen LogP contribution in [-0.2, 0) is 44.5 Å². The van der Waals surface area contributed by atoms with E-state index in [1.807, 2.05) is 30.3 Å². The van der Waals surface area contributed by atoms with Crippen molar-refractivity contribution in [3.05, 3.63) is 233 Å². The predicted molar refractivity (Wildman–Crippen MR) is 390 cm³/mol. The number of sulfonamides is 3. The van der Waals surface area contributed by atoms with Crippen molar-refractivity contribution >= 4 is 152 Å². The molecular weight excluding hydrogens is 1490 g/mol. The first kappa shape index (κ1) is 73.2. The maximum atomic E-state index is 13.2. The Hall–Kier alpha value is -10.1.